The van der Waals surface area contributed by atoms with Gasteiger partial charge in [-0.2, -0.15) is 0 Å². The molecule has 110 valence electrons. The van der Waals surface area contributed by atoms with Crippen molar-refractivity contribution < 1.29 is 9.53 Å². The van der Waals surface area contributed by atoms with Gasteiger partial charge in [0.15, 0.2) is 0 Å². The van der Waals surface area contributed by atoms with Crippen molar-refractivity contribution >= 4 is 11.6 Å². The van der Waals surface area contributed by atoms with Crippen LogP contribution >= 0.6 is 0 Å². The van der Waals surface area contributed by atoms with E-state index in [4.69, 9.17) is 4.74 Å². The molecule has 1 amide bonds. The SMILES string of the molecule is CN(C)Cc1cccc(NC(=O)CC2COCCN2)c1. The maximum atomic E-state index is 12.0. The Morgan fingerprint density at radius 2 is 2.35 bits per heavy atom. The first-order chi connectivity index (χ1) is 9.63. The number of nitrogens with zero attached hydrogens (tertiary/aromatic N) is 1. The molecule has 1 aromatic carbocycles. The van der Waals surface area contributed by atoms with Crippen LogP contribution in [0.5, 0.6) is 0 Å². The molecule has 1 heterocycles. The number of anilines is 1. The standard InChI is InChI=1S/C15H23N3O2/c1-18(2)10-12-4-3-5-13(8-12)17-15(19)9-14-11-20-7-6-16-14/h3-5,8,14,16H,6-7,9-11H2,1-2H3,(H,17,19). The molecule has 0 spiro atoms. The Hall–Kier alpha value is -1.43. The number of rotatable bonds is 5. The van der Waals surface area contributed by atoms with E-state index in [1.54, 1.807) is 0 Å². The number of ether oxygens (including phenoxy) is 1. The third kappa shape index (κ3) is 4.92. The first kappa shape index (κ1) is 15.0. The summed E-state index contributed by atoms with van der Waals surface area (Å²) < 4.78 is 5.35. The molecular weight excluding hydrogens is 254 g/mol. The van der Waals surface area contributed by atoms with Gasteiger partial charge in [0.25, 0.3) is 0 Å². The highest BCUT2D eigenvalue weighted by atomic mass is 16.5. The normalized spacial score (nSPS) is 19.1. The molecular formula is C15H23N3O2. The third-order valence-electron chi connectivity index (χ3n) is 3.14. The van der Waals surface area contributed by atoms with Gasteiger partial charge in [-0.05, 0) is 31.8 Å². The van der Waals surface area contributed by atoms with E-state index in [1.807, 2.05) is 32.3 Å². The zero-order valence-electron chi connectivity index (χ0n) is 12.2. The van der Waals surface area contributed by atoms with Crippen LogP contribution < -0.4 is 10.6 Å². The molecule has 2 N–H and O–H groups in total. The predicted molar refractivity (Wildman–Crippen MR) is 79.7 cm³/mol. The van der Waals surface area contributed by atoms with E-state index < -0.39 is 0 Å². The van der Waals surface area contributed by atoms with Gasteiger partial charge in [-0.3, -0.25) is 4.79 Å². The second kappa shape index (κ2) is 7.38. The van der Waals surface area contributed by atoms with Crippen LogP contribution in [0.25, 0.3) is 0 Å². The van der Waals surface area contributed by atoms with Gasteiger partial charge in [-0.15, -0.1) is 0 Å². The van der Waals surface area contributed by atoms with Crippen LogP contribution in [-0.4, -0.2) is 50.7 Å². The van der Waals surface area contributed by atoms with E-state index in [2.05, 4.69) is 21.6 Å². The number of amides is 1. The largest absolute Gasteiger partial charge is 0.378 e. The molecule has 1 saturated heterocycles. The number of morpholine rings is 1. The zero-order chi connectivity index (χ0) is 14.4. The molecule has 0 bridgehead atoms. The lowest BCUT2D eigenvalue weighted by Crippen LogP contribution is -2.43. The summed E-state index contributed by atoms with van der Waals surface area (Å²) in [5.74, 6) is 0.0232. The lowest BCUT2D eigenvalue weighted by atomic mass is 10.1. The molecule has 0 radical (unpaired) electrons. The predicted octanol–water partition coefficient (Wildman–Crippen LogP) is 1.07. The fourth-order valence-corrected chi connectivity index (χ4v) is 2.30. The van der Waals surface area contributed by atoms with E-state index in [0.717, 1.165) is 25.4 Å². The maximum Gasteiger partial charge on any atom is 0.226 e. The Labute approximate surface area is 120 Å². The lowest BCUT2D eigenvalue weighted by Gasteiger charge is -2.23. The Morgan fingerprint density at radius 3 is 3.05 bits per heavy atom. The van der Waals surface area contributed by atoms with Crippen LogP contribution in [0.1, 0.15) is 12.0 Å². The van der Waals surface area contributed by atoms with Gasteiger partial charge in [-0.25, -0.2) is 0 Å². The van der Waals surface area contributed by atoms with Gasteiger partial charge in [0.2, 0.25) is 5.91 Å². The molecule has 0 saturated carbocycles. The van der Waals surface area contributed by atoms with Crippen LogP contribution in [-0.2, 0) is 16.1 Å². The van der Waals surface area contributed by atoms with Gasteiger partial charge in [0.05, 0.1) is 13.2 Å². The summed E-state index contributed by atoms with van der Waals surface area (Å²) >= 11 is 0. The van der Waals surface area contributed by atoms with Crippen molar-refractivity contribution in [2.24, 2.45) is 0 Å². The van der Waals surface area contributed by atoms with Gasteiger partial charge in [0, 0.05) is 31.2 Å². The van der Waals surface area contributed by atoms with Gasteiger partial charge in [0.1, 0.15) is 0 Å². The second-order valence-electron chi connectivity index (χ2n) is 5.42. The Kier molecular flexibility index (Phi) is 5.52. The topological polar surface area (TPSA) is 53.6 Å². The van der Waals surface area contributed by atoms with Crippen molar-refractivity contribution in [3.63, 3.8) is 0 Å². The van der Waals surface area contributed by atoms with E-state index >= 15 is 0 Å². The van der Waals surface area contributed by atoms with Crippen LogP contribution in [0.4, 0.5) is 5.69 Å². The van der Waals surface area contributed by atoms with Crippen LogP contribution in [0.2, 0.25) is 0 Å². The van der Waals surface area contributed by atoms with Crippen LogP contribution in [0.3, 0.4) is 0 Å². The summed E-state index contributed by atoms with van der Waals surface area (Å²) in [7, 11) is 4.06. The minimum absolute atomic E-state index is 0.0232. The van der Waals surface area contributed by atoms with E-state index in [1.165, 1.54) is 5.56 Å². The molecule has 1 atom stereocenters. The molecule has 5 heteroatoms. The summed E-state index contributed by atoms with van der Waals surface area (Å²) in [6, 6.07) is 8.08. The number of hydrogen-bond acceptors (Lipinski definition) is 4. The molecule has 0 aliphatic carbocycles. The molecule has 5 nitrogen and oxygen atoms in total. The molecule has 0 aromatic heterocycles. The first-order valence-corrected chi connectivity index (χ1v) is 6.98. The summed E-state index contributed by atoms with van der Waals surface area (Å²) in [6.45, 7) is 3.01. The molecule has 1 aromatic rings. The minimum Gasteiger partial charge on any atom is -0.378 e. The highest BCUT2D eigenvalue weighted by Crippen LogP contribution is 2.12. The highest BCUT2D eigenvalue weighted by Gasteiger charge is 2.16. The van der Waals surface area contributed by atoms with Gasteiger partial charge >= 0.3 is 0 Å². The number of carbonyl (C=O) groups excluding carboxylic acids is 1. The molecule has 1 aliphatic heterocycles. The molecule has 1 aliphatic rings. The monoisotopic (exact) mass is 277 g/mol. The fourth-order valence-electron chi connectivity index (χ4n) is 2.30. The summed E-state index contributed by atoms with van der Waals surface area (Å²) in [5, 5.41) is 6.23. The van der Waals surface area contributed by atoms with Crippen LogP contribution in [0, 0.1) is 0 Å². The number of nitrogens with one attached hydrogen (secondary N) is 2. The Morgan fingerprint density at radius 1 is 1.50 bits per heavy atom. The Bertz CT molecular complexity index is 442. The smallest absolute Gasteiger partial charge is 0.226 e. The summed E-state index contributed by atoms with van der Waals surface area (Å²) in [4.78, 5) is 14.1. The lowest BCUT2D eigenvalue weighted by molar-refractivity contribution is -0.117. The minimum atomic E-state index is 0.0232. The van der Waals surface area contributed by atoms with E-state index in [0.29, 0.717) is 13.0 Å². The highest BCUT2D eigenvalue weighted by molar-refractivity contribution is 5.91. The van der Waals surface area contributed by atoms with Crippen molar-refractivity contribution in [3.05, 3.63) is 29.8 Å². The van der Waals surface area contributed by atoms with E-state index in [-0.39, 0.29) is 11.9 Å². The summed E-state index contributed by atoms with van der Waals surface area (Å²) in [5.41, 5.74) is 2.04. The van der Waals surface area contributed by atoms with Crippen molar-refractivity contribution in [1.29, 1.82) is 0 Å². The van der Waals surface area contributed by atoms with Crippen molar-refractivity contribution in [1.82, 2.24) is 10.2 Å². The van der Waals surface area contributed by atoms with Gasteiger partial charge in [-0.1, -0.05) is 12.1 Å². The van der Waals surface area contributed by atoms with E-state index in [9.17, 15) is 4.79 Å². The maximum absolute atomic E-state index is 12.0. The fraction of sp³-hybridized carbons (Fsp3) is 0.533. The molecule has 20 heavy (non-hydrogen) atoms. The van der Waals surface area contributed by atoms with Crippen LogP contribution in [0.15, 0.2) is 24.3 Å². The number of benzene rings is 1. The average Bonchev–Trinajstić information content (AvgIpc) is 2.39. The Balaban J connectivity index is 1.86. The number of carbonyl (C=O) groups is 1. The van der Waals surface area contributed by atoms with Crippen molar-refractivity contribution in [2.45, 2.75) is 19.0 Å². The number of hydrogen-bond donors (Lipinski definition) is 2. The molecule has 1 unspecified atom stereocenters. The average molecular weight is 277 g/mol. The van der Waals surface area contributed by atoms with Gasteiger partial charge < -0.3 is 20.3 Å². The summed E-state index contributed by atoms with van der Waals surface area (Å²) in [6.07, 6.45) is 0.442. The first-order valence-electron chi connectivity index (χ1n) is 6.98. The second-order valence-corrected chi connectivity index (χ2v) is 5.42. The molecule has 1 fully saturated rings. The third-order valence-corrected chi connectivity index (χ3v) is 3.14. The zero-order valence-corrected chi connectivity index (χ0v) is 12.2. The van der Waals surface area contributed by atoms with Crippen molar-refractivity contribution in [3.8, 4) is 0 Å². The quantitative estimate of drug-likeness (QED) is 0.845. The van der Waals surface area contributed by atoms with Crippen molar-refractivity contribution in [2.75, 3.05) is 39.2 Å². The molecule has 2 rings (SSSR count).